The lowest BCUT2D eigenvalue weighted by atomic mass is 9.82. The Labute approximate surface area is 147 Å². The first kappa shape index (κ1) is 18.5. The van der Waals surface area contributed by atoms with Crippen molar-refractivity contribution in [2.45, 2.75) is 26.0 Å². The van der Waals surface area contributed by atoms with E-state index in [-0.39, 0.29) is 12.1 Å². The maximum Gasteiger partial charge on any atom is 0.137 e. The first-order chi connectivity index (χ1) is 12.1. The second kappa shape index (κ2) is 8.35. The second-order valence-electron chi connectivity index (χ2n) is 5.28. The van der Waals surface area contributed by atoms with Gasteiger partial charge in [-0.3, -0.25) is 0 Å². The van der Waals surface area contributed by atoms with E-state index in [1.54, 1.807) is 18.2 Å². The molecule has 0 spiro atoms. The third kappa shape index (κ3) is 4.00. The second-order valence-corrected chi connectivity index (χ2v) is 5.28. The number of hydrogen-bond acceptors (Lipinski definition) is 3. The Kier molecular flexibility index (Phi) is 6.19. The Bertz CT molecular complexity index is 803. The maximum absolute atomic E-state index is 14.3. The molecule has 0 aliphatic heterocycles. The van der Waals surface area contributed by atoms with Gasteiger partial charge >= 0.3 is 0 Å². The summed E-state index contributed by atoms with van der Waals surface area (Å²) in [6.07, 6.45) is 2.84. The molecule has 130 valence electrons. The van der Waals surface area contributed by atoms with Crippen LogP contribution in [0.2, 0.25) is 0 Å². The number of rotatable bonds is 5. The van der Waals surface area contributed by atoms with Gasteiger partial charge in [0.1, 0.15) is 24.1 Å². The molecule has 3 rings (SSSR count). The summed E-state index contributed by atoms with van der Waals surface area (Å²) in [4.78, 5) is 3.87. The van der Waals surface area contributed by atoms with Crippen LogP contribution in [0.3, 0.4) is 0 Å². The van der Waals surface area contributed by atoms with Crippen LogP contribution in [0.1, 0.15) is 25.0 Å². The highest BCUT2D eigenvalue weighted by atomic mass is 19.1. The maximum atomic E-state index is 14.3. The van der Waals surface area contributed by atoms with Gasteiger partial charge in [-0.25, -0.2) is 14.1 Å². The third-order valence-electron chi connectivity index (χ3n) is 3.80. The highest BCUT2D eigenvalue weighted by Gasteiger charge is 2.36. The molecule has 5 heteroatoms. The molecule has 1 N–H and O–H groups in total. The van der Waals surface area contributed by atoms with Crippen LogP contribution in [0.5, 0.6) is 0 Å². The smallest absolute Gasteiger partial charge is 0.137 e. The van der Waals surface area contributed by atoms with Crippen molar-refractivity contribution in [1.29, 1.82) is 0 Å². The molecule has 1 heterocycles. The van der Waals surface area contributed by atoms with Crippen LogP contribution in [0, 0.1) is 5.82 Å². The summed E-state index contributed by atoms with van der Waals surface area (Å²) in [6.45, 7) is 8.03. The normalized spacial score (nSPS) is 12.6. The molecular weight excluding hydrogens is 317 g/mol. The summed E-state index contributed by atoms with van der Waals surface area (Å²) in [5.74, 6) is -0.493. The fourth-order valence-electron chi connectivity index (χ4n) is 2.57. The molecule has 0 radical (unpaired) electrons. The van der Waals surface area contributed by atoms with Crippen LogP contribution >= 0.6 is 0 Å². The molecule has 0 fully saturated rings. The van der Waals surface area contributed by atoms with Crippen molar-refractivity contribution >= 4 is 5.57 Å². The summed E-state index contributed by atoms with van der Waals surface area (Å²) in [5.41, 5.74) is -0.346. The number of halogens is 1. The predicted molar refractivity (Wildman–Crippen MR) is 97.1 cm³/mol. The van der Waals surface area contributed by atoms with Crippen molar-refractivity contribution in [3.8, 4) is 0 Å². The number of nitrogens with zero attached hydrogens (tertiary/aromatic N) is 3. The largest absolute Gasteiger partial charge is 0.378 e. The Morgan fingerprint density at radius 2 is 1.76 bits per heavy atom. The Hall–Kier alpha value is -2.79. The minimum atomic E-state index is -1.64. The van der Waals surface area contributed by atoms with Gasteiger partial charge in [-0.1, -0.05) is 69.0 Å². The van der Waals surface area contributed by atoms with E-state index in [1.165, 1.54) is 23.4 Å². The van der Waals surface area contributed by atoms with Crippen molar-refractivity contribution in [3.63, 3.8) is 0 Å². The van der Waals surface area contributed by atoms with Crippen molar-refractivity contribution in [1.82, 2.24) is 14.8 Å². The molecule has 0 amide bonds. The van der Waals surface area contributed by atoms with Gasteiger partial charge in [0, 0.05) is 5.56 Å². The molecule has 0 aliphatic carbocycles. The van der Waals surface area contributed by atoms with Crippen LogP contribution in [-0.2, 0) is 12.1 Å². The summed E-state index contributed by atoms with van der Waals surface area (Å²) < 4.78 is 15.8. The minimum absolute atomic E-state index is 0.0155. The Balaban J connectivity index is 0.00000109. The molecule has 1 atom stereocenters. The van der Waals surface area contributed by atoms with E-state index in [2.05, 4.69) is 16.7 Å². The molecule has 0 saturated heterocycles. The summed E-state index contributed by atoms with van der Waals surface area (Å²) in [6, 6.07) is 15.4. The van der Waals surface area contributed by atoms with Crippen LogP contribution in [0.4, 0.5) is 4.39 Å². The first-order valence-corrected chi connectivity index (χ1v) is 8.16. The Morgan fingerprint density at radius 1 is 1.12 bits per heavy atom. The number of benzene rings is 2. The summed E-state index contributed by atoms with van der Waals surface area (Å²) in [5, 5.41) is 15.3. The minimum Gasteiger partial charge on any atom is -0.378 e. The number of aliphatic hydroxyl groups is 1. The van der Waals surface area contributed by atoms with Crippen molar-refractivity contribution in [2.24, 2.45) is 0 Å². The number of hydrogen-bond donors (Lipinski definition) is 1. The highest BCUT2D eigenvalue weighted by Crippen LogP contribution is 2.37. The van der Waals surface area contributed by atoms with E-state index in [1.807, 2.05) is 44.2 Å². The van der Waals surface area contributed by atoms with Crippen molar-refractivity contribution in [3.05, 3.63) is 90.8 Å². The fourth-order valence-corrected chi connectivity index (χ4v) is 2.57. The zero-order chi connectivity index (χ0) is 18.3. The number of aromatic nitrogens is 3. The van der Waals surface area contributed by atoms with Crippen molar-refractivity contribution in [2.75, 3.05) is 0 Å². The first-order valence-electron chi connectivity index (χ1n) is 8.16. The molecule has 25 heavy (non-hydrogen) atoms. The monoisotopic (exact) mass is 339 g/mol. The molecular formula is C20H22FN3O. The average molecular weight is 339 g/mol. The lowest BCUT2D eigenvalue weighted by Gasteiger charge is -2.31. The van der Waals surface area contributed by atoms with Gasteiger partial charge in [-0.05, 0) is 17.2 Å². The van der Waals surface area contributed by atoms with Gasteiger partial charge in [0.25, 0.3) is 0 Å². The molecule has 1 unspecified atom stereocenters. The lowest BCUT2D eigenvalue weighted by molar-refractivity contribution is 0.0728. The highest BCUT2D eigenvalue weighted by molar-refractivity contribution is 5.72. The van der Waals surface area contributed by atoms with Gasteiger partial charge < -0.3 is 5.11 Å². The van der Waals surface area contributed by atoms with Gasteiger partial charge in [0.2, 0.25) is 0 Å². The van der Waals surface area contributed by atoms with Gasteiger partial charge in [0.15, 0.2) is 0 Å². The summed E-state index contributed by atoms with van der Waals surface area (Å²) in [7, 11) is 0. The summed E-state index contributed by atoms with van der Waals surface area (Å²) >= 11 is 0. The molecule has 0 saturated carbocycles. The average Bonchev–Trinajstić information content (AvgIpc) is 3.16. The predicted octanol–water partition coefficient (Wildman–Crippen LogP) is 4.04. The zero-order valence-corrected chi connectivity index (χ0v) is 14.4. The van der Waals surface area contributed by atoms with Gasteiger partial charge in [-0.2, -0.15) is 5.10 Å². The van der Waals surface area contributed by atoms with E-state index in [9.17, 15) is 9.50 Å². The van der Waals surface area contributed by atoms with Crippen LogP contribution < -0.4 is 0 Å². The van der Waals surface area contributed by atoms with E-state index >= 15 is 0 Å². The standard InChI is InChI=1S/C18H16FN3O.C2H6/c1-14(15-7-3-2-4-8-15)18(23,11-22-13-20-12-21-22)16-9-5-6-10-17(16)19;1-2/h2-10,12-13,23H,1,11H2;1-2H3. The molecule has 3 aromatic rings. The SMILES string of the molecule is C=C(c1ccccc1)C(O)(Cn1cncn1)c1ccccc1F.CC. The van der Waals surface area contributed by atoms with Gasteiger partial charge in [0.05, 0.1) is 6.54 Å². The van der Waals surface area contributed by atoms with E-state index in [0.717, 1.165) is 5.56 Å². The third-order valence-corrected chi connectivity index (χ3v) is 3.80. The van der Waals surface area contributed by atoms with E-state index in [4.69, 9.17) is 0 Å². The topological polar surface area (TPSA) is 50.9 Å². The molecule has 0 aliphatic rings. The van der Waals surface area contributed by atoms with Gasteiger partial charge in [-0.15, -0.1) is 0 Å². The molecule has 4 nitrogen and oxygen atoms in total. The molecule has 0 bridgehead atoms. The lowest BCUT2D eigenvalue weighted by Crippen LogP contribution is -2.34. The van der Waals surface area contributed by atoms with E-state index in [0.29, 0.717) is 5.57 Å². The Morgan fingerprint density at radius 3 is 2.36 bits per heavy atom. The molecule has 1 aromatic heterocycles. The van der Waals surface area contributed by atoms with Crippen LogP contribution in [0.15, 0.2) is 73.8 Å². The van der Waals surface area contributed by atoms with E-state index < -0.39 is 11.4 Å². The van der Waals surface area contributed by atoms with Crippen LogP contribution in [0.25, 0.3) is 5.57 Å². The molecule has 2 aromatic carbocycles. The zero-order valence-electron chi connectivity index (χ0n) is 14.4. The quantitative estimate of drug-likeness (QED) is 0.763. The van der Waals surface area contributed by atoms with Crippen LogP contribution in [-0.4, -0.2) is 19.9 Å². The van der Waals surface area contributed by atoms with Crippen molar-refractivity contribution < 1.29 is 9.50 Å². The fraction of sp³-hybridized carbons (Fsp3) is 0.200.